The Kier molecular flexibility index (Phi) is 4.98. The van der Waals surface area contributed by atoms with Crippen molar-refractivity contribution < 1.29 is 29.5 Å². The number of nitrogens with zero attached hydrogens (tertiary/aromatic N) is 3. The van der Waals surface area contributed by atoms with Crippen LogP contribution < -0.4 is 5.48 Å². The van der Waals surface area contributed by atoms with Crippen LogP contribution in [0.4, 0.5) is 9.59 Å². The molecular weight excluding hydrogens is 356 g/mol. The van der Waals surface area contributed by atoms with Gasteiger partial charge in [0.15, 0.2) is 0 Å². The highest BCUT2D eigenvalue weighted by Gasteiger charge is 2.52. The molecule has 3 fully saturated rings. The van der Waals surface area contributed by atoms with Gasteiger partial charge in [0.05, 0.1) is 18.2 Å². The molecule has 3 atom stereocenters. The second-order valence-electron chi connectivity index (χ2n) is 8.60. The van der Waals surface area contributed by atoms with Gasteiger partial charge in [-0.2, -0.15) is 0 Å². The Bertz CT molecular complexity index is 635. The number of carbonyl (C=O) groups is 3. The molecule has 0 unspecified atom stereocenters. The lowest BCUT2D eigenvalue weighted by Gasteiger charge is -2.46. The highest BCUT2D eigenvalue weighted by Crippen LogP contribution is 2.43. The molecule has 10 nitrogen and oxygen atoms in total. The van der Waals surface area contributed by atoms with Crippen LogP contribution in [0.3, 0.4) is 0 Å². The molecule has 2 bridgehead atoms. The van der Waals surface area contributed by atoms with Gasteiger partial charge in [-0.15, -0.1) is 0 Å². The van der Waals surface area contributed by atoms with Crippen molar-refractivity contribution in [2.24, 2.45) is 5.41 Å². The van der Waals surface area contributed by atoms with Crippen LogP contribution in [-0.4, -0.2) is 80.5 Å². The zero-order valence-electron chi connectivity index (χ0n) is 16.0. The molecule has 3 aliphatic heterocycles. The summed E-state index contributed by atoms with van der Waals surface area (Å²) in [6.45, 7) is 6.65. The maximum absolute atomic E-state index is 12.5. The molecule has 0 aliphatic carbocycles. The lowest BCUT2D eigenvalue weighted by Crippen LogP contribution is -2.59. The molecule has 0 aromatic rings. The van der Waals surface area contributed by atoms with Gasteiger partial charge in [0.2, 0.25) is 0 Å². The molecule has 3 heterocycles. The van der Waals surface area contributed by atoms with Crippen LogP contribution in [0.25, 0.3) is 0 Å². The first-order valence-electron chi connectivity index (χ1n) is 9.29. The average molecular weight is 384 g/mol. The molecule has 3 N–H and O–H groups in total. The summed E-state index contributed by atoms with van der Waals surface area (Å²) in [5.74, 6) is -0.457. The number of carbonyl (C=O) groups excluding carboxylic acids is 2. The molecule has 0 aromatic heterocycles. The molecule has 152 valence electrons. The Morgan fingerprint density at radius 1 is 1.33 bits per heavy atom. The number of likely N-dealkylation sites (tertiary alicyclic amines) is 1. The fourth-order valence-corrected chi connectivity index (χ4v) is 4.52. The number of amides is 4. The summed E-state index contributed by atoms with van der Waals surface area (Å²) in [7, 11) is 0. The van der Waals surface area contributed by atoms with Gasteiger partial charge in [0, 0.05) is 13.1 Å². The molecule has 4 amide bonds. The average Bonchev–Trinajstić information content (AvgIpc) is 3.12. The second-order valence-corrected chi connectivity index (χ2v) is 8.60. The second kappa shape index (κ2) is 6.83. The largest absolute Gasteiger partial charge is 0.465 e. The van der Waals surface area contributed by atoms with Crippen molar-refractivity contribution in [3.05, 3.63) is 0 Å². The van der Waals surface area contributed by atoms with Crippen molar-refractivity contribution in [2.45, 2.75) is 64.1 Å². The third-order valence-electron chi connectivity index (χ3n) is 6.25. The van der Waals surface area contributed by atoms with E-state index >= 15 is 0 Å². The topological polar surface area (TPSA) is 123 Å². The first-order chi connectivity index (χ1) is 12.6. The minimum Gasteiger partial charge on any atom is -0.465 e. The zero-order chi connectivity index (χ0) is 20.0. The van der Waals surface area contributed by atoms with Gasteiger partial charge in [-0.1, -0.05) is 20.8 Å². The Morgan fingerprint density at radius 3 is 2.67 bits per heavy atom. The molecule has 0 spiro atoms. The predicted octanol–water partition coefficient (Wildman–Crippen LogP) is 1.25. The van der Waals surface area contributed by atoms with E-state index in [1.165, 1.54) is 9.80 Å². The van der Waals surface area contributed by atoms with E-state index in [0.717, 1.165) is 6.42 Å². The maximum atomic E-state index is 12.5. The van der Waals surface area contributed by atoms with Gasteiger partial charge < -0.3 is 10.0 Å². The standard InChI is InChI=1S/C17H28N4O6/c1-16(2,3)17(7-4-8-20(17)15(24)25)10-27-18-13(22)12-6-5-11-9-19(12)14(23)21(11)26/h11-12,26H,4-10H2,1-3H3,(H,18,22)(H,24,25)/t11-,12+,17-/m1/s1. The smallest absolute Gasteiger partial charge is 0.407 e. The van der Waals surface area contributed by atoms with E-state index in [-0.39, 0.29) is 18.1 Å². The van der Waals surface area contributed by atoms with Crippen molar-refractivity contribution in [3.63, 3.8) is 0 Å². The fourth-order valence-electron chi connectivity index (χ4n) is 4.52. The molecule has 0 radical (unpaired) electrons. The van der Waals surface area contributed by atoms with Gasteiger partial charge >= 0.3 is 12.1 Å². The third kappa shape index (κ3) is 3.20. The number of rotatable bonds is 4. The van der Waals surface area contributed by atoms with Gasteiger partial charge in [-0.3, -0.25) is 19.7 Å². The summed E-state index contributed by atoms with van der Waals surface area (Å²) >= 11 is 0. The quantitative estimate of drug-likeness (QED) is 0.495. The highest BCUT2D eigenvalue weighted by molar-refractivity contribution is 5.87. The molecule has 3 aliphatic rings. The first-order valence-corrected chi connectivity index (χ1v) is 9.29. The Hall–Kier alpha value is -2.07. The van der Waals surface area contributed by atoms with Crippen LogP contribution in [0.2, 0.25) is 0 Å². The van der Waals surface area contributed by atoms with Crippen LogP contribution in [-0.2, 0) is 9.63 Å². The third-order valence-corrected chi connectivity index (χ3v) is 6.25. The van der Waals surface area contributed by atoms with Gasteiger partial charge in [0.25, 0.3) is 5.91 Å². The predicted molar refractivity (Wildman–Crippen MR) is 92.8 cm³/mol. The molecule has 3 rings (SSSR count). The number of urea groups is 1. The van der Waals surface area contributed by atoms with Gasteiger partial charge in [0.1, 0.15) is 6.04 Å². The molecule has 0 saturated carbocycles. The van der Waals surface area contributed by atoms with Crippen molar-refractivity contribution in [2.75, 3.05) is 19.7 Å². The lowest BCUT2D eigenvalue weighted by molar-refractivity contribution is -0.145. The van der Waals surface area contributed by atoms with Crippen LogP contribution >= 0.6 is 0 Å². The van der Waals surface area contributed by atoms with Crippen LogP contribution in [0.1, 0.15) is 46.5 Å². The van der Waals surface area contributed by atoms with Crippen molar-refractivity contribution >= 4 is 18.0 Å². The zero-order valence-corrected chi connectivity index (χ0v) is 16.0. The summed E-state index contributed by atoms with van der Waals surface area (Å²) in [6.07, 6.45) is 1.36. The minimum absolute atomic E-state index is 0.0317. The fraction of sp³-hybridized carbons (Fsp3) is 0.824. The molecule has 27 heavy (non-hydrogen) atoms. The Morgan fingerprint density at radius 2 is 2.04 bits per heavy atom. The summed E-state index contributed by atoms with van der Waals surface area (Å²) in [6, 6.07) is -1.54. The van der Waals surface area contributed by atoms with Crippen LogP contribution in [0, 0.1) is 5.41 Å². The number of carboxylic acid groups (broad SMARTS) is 1. The number of hydrogen-bond donors (Lipinski definition) is 3. The van der Waals surface area contributed by atoms with Crippen LogP contribution in [0.5, 0.6) is 0 Å². The normalized spacial score (nSPS) is 30.8. The number of hydrogen-bond acceptors (Lipinski definition) is 5. The summed E-state index contributed by atoms with van der Waals surface area (Å²) < 4.78 is 0. The molecular formula is C17H28N4O6. The van der Waals surface area contributed by atoms with Gasteiger partial charge in [-0.25, -0.2) is 20.1 Å². The van der Waals surface area contributed by atoms with Gasteiger partial charge in [-0.05, 0) is 31.1 Å². The first kappa shape index (κ1) is 19.7. The molecule has 10 heteroatoms. The number of nitrogens with one attached hydrogen (secondary N) is 1. The number of hydroxylamine groups is 3. The Balaban J connectivity index is 1.63. The summed E-state index contributed by atoms with van der Waals surface area (Å²) in [5.41, 5.74) is 1.28. The van der Waals surface area contributed by atoms with Crippen molar-refractivity contribution in [1.29, 1.82) is 0 Å². The number of piperidine rings is 1. The number of fused-ring (bicyclic) bond motifs is 2. The minimum atomic E-state index is -0.999. The van der Waals surface area contributed by atoms with Crippen molar-refractivity contribution in [1.82, 2.24) is 20.3 Å². The lowest BCUT2D eigenvalue weighted by atomic mass is 9.72. The van der Waals surface area contributed by atoms with Crippen molar-refractivity contribution in [3.8, 4) is 0 Å². The SMILES string of the molecule is CC(C)(C)[C@]1(CONC(=O)[C@@H]2CC[C@@H]3CN2C(=O)N3O)CCCN1C(=O)O. The summed E-state index contributed by atoms with van der Waals surface area (Å²) in [4.78, 5) is 44.4. The van der Waals surface area contributed by atoms with E-state index in [9.17, 15) is 24.7 Å². The van der Waals surface area contributed by atoms with Crippen LogP contribution in [0.15, 0.2) is 0 Å². The van der Waals surface area contributed by atoms with E-state index < -0.39 is 29.6 Å². The monoisotopic (exact) mass is 384 g/mol. The van der Waals surface area contributed by atoms with E-state index in [4.69, 9.17) is 4.84 Å². The maximum Gasteiger partial charge on any atom is 0.407 e. The molecule has 3 saturated heterocycles. The van der Waals surface area contributed by atoms with E-state index in [0.29, 0.717) is 37.4 Å². The highest BCUT2D eigenvalue weighted by atomic mass is 16.7. The summed E-state index contributed by atoms with van der Waals surface area (Å²) in [5, 5.41) is 20.0. The van der Waals surface area contributed by atoms with E-state index in [2.05, 4.69) is 5.48 Å². The van der Waals surface area contributed by atoms with E-state index in [1.807, 2.05) is 20.8 Å². The Labute approximate surface area is 157 Å². The van der Waals surface area contributed by atoms with E-state index in [1.54, 1.807) is 0 Å². The molecule has 0 aromatic carbocycles.